The second-order valence-corrected chi connectivity index (χ2v) is 4.42. The average molecular weight is 216 g/mol. The number of methoxy groups -OCH3 is 1. The molecule has 88 valence electrons. The van der Waals surface area contributed by atoms with Gasteiger partial charge in [0.05, 0.1) is 13.2 Å². The van der Waals surface area contributed by atoms with E-state index in [9.17, 15) is 5.11 Å². The molecule has 0 amide bonds. The zero-order valence-corrected chi connectivity index (χ0v) is 9.28. The molecule has 0 aromatic carbocycles. The third kappa shape index (κ3) is 2.33. The Morgan fingerprint density at radius 1 is 1.20 bits per heavy atom. The zero-order valence-electron chi connectivity index (χ0n) is 9.28. The van der Waals surface area contributed by atoms with Gasteiger partial charge >= 0.3 is 0 Å². The second kappa shape index (κ2) is 4.78. The van der Waals surface area contributed by atoms with Gasteiger partial charge in [-0.1, -0.05) is 6.42 Å². The number of hydrogen-bond donors (Lipinski definition) is 1. The van der Waals surface area contributed by atoms with Gasteiger partial charge in [0.1, 0.15) is 12.2 Å². The molecule has 0 unspecified atom stereocenters. The van der Waals surface area contributed by atoms with Crippen molar-refractivity contribution in [2.75, 3.05) is 20.3 Å². The van der Waals surface area contributed by atoms with Gasteiger partial charge in [-0.05, 0) is 12.8 Å². The minimum atomic E-state index is -0.422. The predicted octanol–water partition coefficient (Wildman–Crippen LogP) is 1.07. The first kappa shape index (κ1) is 11.3. The Hall–Kier alpha value is -0.160. The molecule has 0 aromatic heterocycles. The van der Waals surface area contributed by atoms with Crippen LogP contribution in [0.3, 0.4) is 0 Å². The van der Waals surface area contributed by atoms with Crippen LogP contribution in [0.15, 0.2) is 0 Å². The normalized spacial score (nSPS) is 34.8. The Morgan fingerprint density at radius 3 is 2.47 bits per heavy atom. The molecule has 1 aliphatic carbocycles. The topological polar surface area (TPSA) is 47.9 Å². The second-order valence-electron chi connectivity index (χ2n) is 4.42. The maximum absolute atomic E-state index is 9.22. The van der Waals surface area contributed by atoms with Crippen LogP contribution in [0, 0.1) is 0 Å². The summed E-state index contributed by atoms with van der Waals surface area (Å²) in [4.78, 5) is 0. The van der Waals surface area contributed by atoms with Gasteiger partial charge in [-0.15, -0.1) is 0 Å². The summed E-state index contributed by atoms with van der Waals surface area (Å²) >= 11 is 0. The predicted molar refractivity (Wildman–Crippen MR) is 54.5 cm³/mol. The molecule has 1 spiro atoms. The van der Waals surface area contributed by atoms with Gasteiger partial charge < -0.3 is 19.3 Å². The SMILES string of the molecule is COC[C@@H]1OC2(CCCCC2)O[C@H]1CO. The van der Waals surface area contributed by atoms with E-state index < -0.39 is 5.79 Å². The fraction of sp³-hybridized carbons (Fsp3) is 1.00. The highest BCUT2D eigenvalue weighted by Gasteiger charge is 2.47. The van der Waals surface area contributed by atoms with E-state index >= 15 is 0 Å². The summed E-state index contributed by atoms with van der Waals surface area (Å²) in [5, 5.41) is 9.22. The molecule has 4 nitrogen and oxygen atoms in total. The highest BCUT2D eigenvalue weighted by Crippen LogP contribution is 2.40. The van der Waals surface area contributed by atoms with Crippen LogP contribution in [0.2, 0.25) is 0 Å². The van der Waals surface area contributed by atoms with Crippen molar-refractivity contribution in [2.45, 2.75) is 50.1 Å². The van der Waals surface area contributed by atoms with Gasteiger partial charge in [-0.3, -0.25) is 0 Å². The van der Waals surface area contributed by atoms with Crippen LogP contribution >= 0.6 is 0 Å². The van der Waals surface area contributed by atoms with Crippen LogP contribution < -0.4 is 0 Å². The number of hydrogen-bond acceptors (Lipinski definition) is 4. The maximum atomic E-state index is 9.22. The smallest absolute Gasteiger partial charge is 0.169 e. The number of rotatable bonds is 3. The summed E-state index contributed by atoms with van der Waals surface area (Å²) in [6, 6.07) is 0. The highest BCUT2D eigenvalue weighted by molar-refractivity contribution is 4.87. The standard InChI is InChI=1S/C11H20O4/c1-13-8-10-9(7-12)14-11(15-10)5-3-2-4-6-11/h9-10,12H,2-8H2,1H3/t9-,10-/m0/s1. The minimum absolute atomic E-state index is 0.00970. The average Bonchev–Trinajstić information content (AvgIpc) is 2.58. The van der Waals surface area contributed by atoms with Crippen molar-refractivity contribution in [3.05, 3.63) is 0 Å². The van der Waals surface area contributed by atoms with Crippen LogP contribution in [0.1, 0.15) is 32.1 Å². The fourth-order valence-corrected chi connectivity index (χ4v) is 2.52. The van der Waals surface area contributed by atoms with E-state index in [4.69, 9.17) is 14.2 Å². The van der Waals surface area contributed by atoms with Crippen molar-refractivity contribution < 1.29 is 19.3 Å². The molecule has 0 aromatic rings. The summed E-state index contributed by atoms with van der Waals surface area (Å²) in [5.74, 6) is -0.422. The van der Waals surface area contributed by atoms with Gasteiger partial charge in [-0.25, -0.2) is 0 Å². The first-order valence-electron chi connectivity index (χ1n) is 5.75. The van der Waals surface area contributed by atoms with Gasteiger partial charge in [0.15, 0.2) is 5.79 Å². The molecule has 1 N–H and O–H groups in total. The lowest BCUT2D eigenvalue weighted by atomic mass is 9.94. The Labute approximate surface area is 90.5 Å². The van der Waals surface area contributed by atoms with Crippen molar-refractivity contribution >= 4 is 0 Å². The van der Waals surface area contributed by atoms with Crippen molar-refractivity contribution in [1.29, 1.82) is 0 Å². The fourth-order valence-electron chi connectivity index (χ4n) is 2.52. The Morgan fingerprint density at radius 2 is 1.87 bits per heavy atom. The van der Waals surface area contributed by atoms with Crippen LogP contribution in [-0.4, -0.2) is 43.4 Å². The molecular formula is C11H20O4. The first-order valence-corrected chi connectivity index (χ1v) is 5.75. The molecule has 1 aliphatic heterocycles. The molecule has 1 saturated carbocycles. The summed E-state index contributed by atoms with van der Waals surface area (Å²) in [6.45, 7) is 0.503. The van der Waals surface area contributed by atoms with Gasteiger partial charge in [0.2, 0.25) is 0 Å². The lowest BCUT2D eigenvalue weighted by Crippen LogP contribution is -2.34. The Kier molecular flexibility index (Phi) is 3.61. The molecule has 0 bridgehead atoms. The number of aliphatic hydroxyl groups excluding tert-OH is 1. The van der Waals surface area contributed by atoms with Gasteiger partial charge in [0, 0.05) is 20.0 Å². The monoisotopic (exact) mass is 216 g/mol. The third-order valence-corrected chi connectivity index (χ3v) is 3.27. The van der Waals surface area contributed by atoms with Crippen LogP contribution in [-0.2, 0) is 14.2 Å². The molecule has 2 atom stereocenters. The third-order valence-electron chi connectivity index (χ3n) is 3.27. The van der Waals surface area contributed by atoms with Crippen molar-refractivity contribution in [3.8, 4) is 0 Å². The van der Waals surface area contributed by atoms with E-state index in [2.05, 4.69) is 0 Å². The van der Waals surface area contributed by atoms with E-state index in [0.29, 0.717) is 6.61 Å². The lowest BCUT2D eigenvalue weighted by Gasteiger charge is -2.31. The summed E-state index contributed by atoms with van der Waals surface area (Å²) in [6.07, 6.45) is 5.12. The highest BCUT2D eigenvalue weighted by atomic mass is 16.8. The van der Waals surface area contributed by atoms with Crippen molar-refractivity contribution in [1.82, 2.24) is 0 Å². The first-order chi connectivity index (χ1) is 7.29. The Balaban J connectivity index is 1.98. The van der Waals surface area contributed by atoms with Crippen molar-refractivity contribution in [2.24, 2.45) is 0 Å². The molecule has 2 aliphatic rings. The van der Waals surface area contributed by atoms with E-state index in [1.165, 1.54) is 6.42 Å². The zero-order chi connectivity index (χ0) is 10.7. The quantitative estimate of drug-likeness (QED) is 0.766. The van der Waals surface area contributed by atoms with Crippen LogP contribution in [0.4, 0.5) is 0 Å². The number of ether oxygens (including phenoxy) is 3. The molecule has 0 radical (unpaired) electrons. The number of aliphatic hydroxyl groups is 1. The molecule has 4 heteroatoms. The van der Waals surface area contributed by atoms with E-state index in [0.717, 1.165) is 25.7 Å². The molecule has 15 heavy (non-hydrogen) atoms. The van der Waals surface area contributed by atoms with E-state index in [1.807, 2.05) is 0 Å². The largest absolute Gasteiger partial charge is 0.394 e. The summed E-state index contributed by atoms with van der Waals surface area (Å²) in [7, 11) is 1.64. The van der Waals surface area contributed by atoms with Crippen LogP contribution in [0.5, 0.6) is 0 Å². The van der Waals surface area contributed by atoms with Crippen molar-refractivity contribution in [3.63, 3.8) is 0 Å². The lowest BCUT2D eigenvalue weighted by molar-refractivity contribution is -0.198. The van der Waals surface area contributed by atoms with Crippen LogP contribution in [0.25, 0.3) is 0 Å². The van der Waals surface area contributed by atoms with E-state index in [-0.39, 0.29) is 18.8 Å². The Bertz CT molecular complexity index is 201. The molecular weight excluding hydrogens is 196 g/mol. The van der Waals surface area contributed by atoms with Gasteiger partial charge in [0.25, 0.3) is 0 Å². The summed E-state index contributed by atoms with van der Waals surface area (Å²) in [5.41, 5.74) is 0. The van der Waals surface area contributed by atoms with Gasteiger partial charge in [-0.2, -0.15) is 0 Å². The molecule has 1 saturated heterocycles. The molecule has 2 fully saturated rings. The molecule has 2 rings (SSSR count). The van der Waals surface area contributed by atoms with E-state index in [1.54, 1.807) is 7.11 Å². The maximum Gasteiger partial charge on any atom is 0.169 e. The molecule has 1 heterocycles. The summed E-state index contributed by atoms with van der Waals surface area (Å²) < 4.78 is 16.9. The minimum Gasteiger partial charge on any atom is -0.394 e.